The summed E-state index contributed by atoms with van der Waals surface area (Å²) < 4.78 is 0. The van der Waals surface area contributed by atoms with Gasteiger partial charge >= 0.3 is 0 Å². The Morgan fingerprint density at radius 3 is 2.45 bits per heavy atom. The lowest BCUT2D eigenvalue weighted by Gasteiger charge is -1.99. The summed E-state index contributed by atoms with van der Waals surface area (Å²) in [5, 5.41) is 0. The van der Waals surface area contributed by atoms with E-state index in [0.29, 0.717) is 12.5 Å². The molecule has 0 fully saturated rings. The van der Waals surface area contributed by atoms with Crippen LogP contribution in [-0.2, 0) is 0 Å². The van der Waals surface area contributed by atoms with E-state index in [0.717, 1.165) is 6.42 Å². The average Bonchev–Trinajstić information content (AvgIpc) is 1.97. The first kappa shape index (κ1) is 10.4. The monoisotopic (exact) mass is 153 g/mol. The zero-order valence-corrected chi connectivity index (χ0v) is 7.80. The van der Waals surface area contributed by atoms with Crippen molar-refractivity contribution in [3.8, 4) is 0 Å². The molecule has 1 heteroatoms. The van der Waals surface area contributed by atoms with Gasteiger partial charge in [0, 0.05) is 6.54 Å². The van der Waals surface area contributed by atoms with Crippen LogP contribution in [0.25, 0.3) is 0 Å². The van der Waals surface area contributed by atoms with Crippen molar-refractivity contribution in [1.29, 1.82) is 0 Å². The second-order valence-electron chi connectivity index (χ2n) is 2.98. The van der Waals surface area contributed by atoms with Gasteiger partial charge in [-0.15, -0.1) is 0 Å². The minimum atomic E-state index is 0.632. The fourth-order valence-electron chi connectivity index (χ4n) is 0.939. The second-order valence-corrected chi connectivity index (χ2v) is 2.98. The van der Waals surface area contributed by atoms with Crippen LogP contribution in [0.5, 0.6) is 0 Å². The third-order valence-corrected chi connectivity index (χ3v) is 1.42. The summed E-state index contributed by atoms with van der Waals surface area (Å²) >= 11 is 0. The molecule has 0 amide bonds. The standard InChI is InChI=1S/C10H19N/c1-4-10(6-5-7-11)8-9(2)3/h5-6,8-9H,4,7,11H2,1-3H3. The fraction of sp³-hybridized carbons (Fsp3) is 0.600. The largest absolute Gasteiger partial charge is 0.327 e. The summed E-state index contributed by atoms with van der Waals surface area (Å²) in [6.07, 6.45) is 7.47. The van der Waals surface area contributed by atoms with Gasteiger partial charge in [-0.25, -0.2) is 0 Å². The van der Waals surface area contributed by atoms with Crippen LogP contribution in [0, 0.1) is 5.92 Å². The quantitative estimate of drug-likeness (QED) is 0.617. The van der Waals surface area contributed by atoms with E-state index in [1.807, 2.05) is 6.08 Å². The van der Waals surface area contributed by atoms with Crippen LogP contribution < -0.4 is 5.73 Å². The molecule has 0 rings (SSSR count). The zero-order valence-electron chi connectivity index (χ0n) is 7.80. The number of nitrogens with two attached hydrogens (primary N) is 1. The van der Waals surface area contributed by atoms with Crippen molar-refractivity contribution in [1.82, 2.24) is 0 Å². The lowest BCUT2D eigenvalue weighted by atomic mass is 10.1. The maximum atomic E-state index is 5.35. The molecule has 0 aromatic heterocycles. The highest BCUT2D eigenvalue weighted by atomic mass is 14.5. The molecule has 0 saturated heterocycles. The van der Waals surface area contributed by atoms with Gasteiger partial charge in [0.15, 0.2) is 0 Å². The average molecular weight is 153 g/mol. The highest BCUT2D eigenvalue weighted by Gasteiger charge is 1.90. The molecule has 0 aliphatic heterocycles. The van der Waals surface area contributed by atoms with E-state index in [2.05, 4.69) is 32.9 Å². The number of rotatable bonds is 4. The minimum absolute atomic E-state index is 0.632. The topological polar surface area (TPSA) is 26.0 Å². The Balaban J connectivity index is 4.04. The van der Waals surface area contributed by atoms with E-state index in [1.54, 1.807) is 0 Å². The summed E-state index contributed by atoms with van der Waals surface area (Å²) in [7, 11) is 0. The van der Waals surface area contributed by atoms with Gasteiger partial charge in [-0.05, 0) is 12.3 Å². The van der Waals surface area contributed by atoms with Gasteiger partial charge in [-0.2, -0.15) is 0 Å². The SMILES string of the molecule is CCC(C=CCN)=CC(C)C. The molecule has 0 aliphatic carbocycles. The van der Waals surface area contributed by atoms with E-state index in [1.165, 1.54) is 5.57 Å². The predicted octanol–water partition coefficient (Wildman–Crippen LogP) is 2.49. The van der Waals surface area contributed by atoms with Crippen LogP contribution in [0.4, 0.5) is 0 Å². The molecular weight excluding hydrogens is 134 g/mol. The maximum Gasteiger partial charge on any atom is 0.0110 e. The predicted molar refractivity (Wildman–Crippen MR) is 51.4 cm³/mol. The van der Waals surface area contributed by atoms with E-state index >= 15 is 0 Å². The van der Waals surface area contributed by atoms with Gasteiger partial charge in [0.2, 0.25) is 0 Å². The van der Waals surface area contributed by atoms with Crippen LogP contribution in [-0.4, -0.2) is 6.54 Å². The first-order valence-corrected chi connectivity index (χ1v) is 4.28. The van der Waals surface area contributed by atoms with Crippen molar-refractivity contribution in [3.63, 3.8) is 0 Å². The minimum Gasteiger partial charge on any atom is -0.327 e. The van der Waals surface area contributed by atoms with Crippen molar-refractivity contribution in [3.05, 3.63) is 23.8 Å². The first-order chi connectivity index (χ1) is 5.20. The summed E-state index contributed by atoms with van der Waals surface area (Å²) in [5.74, 6) is 0.632. The fourth-order valence-corrected chi connectivity index (χ4v) is 0.939. The summed E-state index contributed by atoms with van der Waals surface area (Å²) in [6.45, 7) is 7.17. The molecule has 0 spiro atoms. The van der Waals surface area contributed by atoms with E-state index in [9.17, 15) is 0 Å². The molecule has 0 atom stereocenters. The highest BCUT2D eigenvalue weighted by molar-refractivity contribution is 5.18. The van der Waals surface area contributed by atoms with Crippen LogP contribution >= 0.6 is 0 Å². The smallest absolute Gasteiger partial charge is 0.0110 e. The van der Waals surface area contributed by atoms with Gasteiger partial charge in [-0.3, -0.25) is 0 Å². The summed E-state index contributed by atoms with van der Waals surface area (Å²) in [5.41, 5.74) is 6.73. The van der Waals surface area contributed by atoms with Crippen molar-refractivity contribution in [2.45, 2.75) is 27.2 Å². The molecule has 0 bridgehead atoms. The Labute approximate surface area is 70.0 Å². The Morgan fingerprint density at radius 1 is 1.45 bits per heavy atom. The summed E-state index contributed by atoms with van der Waals surface area (Å²) in [4.78, 5) is 0. The molecule has 0 unspecified atom stereocenters. The number of allylic oxidation sites excluding steroid dienone is 3. The molecule has 1 nitrogen and oxygen atoms in total. The van der Waals surface area contributed by atoms with Gasteiger partial charge in [0.1, 0.15) is 0 Å². The molecule has 0 saturated carbocycles. The molecule has 0 aromatic carbocycles. The third-order valence-electron chi connectivity index (χ3n) is 1.42. The molecule has 0 radical (unpaired) electrons. The lowest BCUT2D eigenvalue weighted by Crippen LogP contribution is -1.93. The van der Waals surface area contributed by atoms with Crippen LogP contribution in [0.2, 0.25) is 0 Å². The van der Waals surface area contributed by atoms with Crippen molar-refractivity contribution in [2.75, 3.05) is 6.54 Å². The number of hydrogen-bond acceptors (Lipinski definition) is 1. The molecular formula is C10H19N. The third kappa shape index (κ3) is 5.86. The van der Waals surface area contributed by atoms with Crippen molar-refractivity contribution in [2.24, 2.45) is 11.7 Å². The Kier molecular flexibility index (Phi) is 5.86. The highest BCUT2D eigenvalue weighted by Crippen LogP contribution is 2.07. The summed E-state index contributed by atoms with van der Waals surface area (Å²) in [6, 6.07) is 0. The number of hydrogen-bond donors (Lipinski definition) is 1. The normalized spacial score (nSPS) is 13.4. The van der Waals surface area contributed by atoms with Gasteiger partial charge in [-0.1, -0.05) is 44.6 Å². The maximum absolute atomic E-state index is 5.35. The molecule has 0 heterocycles. The Hall–Kier alpha value is -0.560. The Bertz CT molecular complexity index is 143. The van der Waals surface area contributed by atoms with Crippen LogP contribution in [0.15, 0.2) is 23.8 Å². The van der Waals surface area contributed by atoms with E-state index in [-0.39, 0.29) is 0 Å². The van der Waals surface area contributed by atoms with Gasteiger partial charge in [0.05, 0.1) is 0 Å². The zero-order chi connectivity index (χ0) is 8.69. The molecule has 2 N–H and O–H groups in total. The molecule has 64 valence electrons. The van der Waals surface area contributed by atoms with Crippen LogP contribution in [0.1, 0.15) is 27.2 Å². The molecule has 0 aromatic rings. The van der Waals surface area contributed by atoms with Crippen molar-refractivity contribution < 1.29 is 0 Å². The first-order valence-electron chi connectivity index (χ1n) is 4.28. The van der Waals surface area contributed by atoms with E-state index in [4.69, 9.17) is 5.73 Å². The second kappa shape index (κ2) is 6.17. The van der Waals surface area contributed by atoms with E-state index < -0.39 is 0 Å². The van der Waals surface area contributed by atoms with Crippen molar-refractivity contribution >= 4 is 0 Å². The lowest BCUT2D eigenvalue weighted by molar-refractivity contribution is 0.818. The van der Waals surface area contributed by atoms with Gasteiger partial charge in [0.25, 0.3) is 0 Å². The molecule has 0 aliphatic rings. The Morgan fingerprint density at radius 2 is 2.09 bits per heavy atom. The van der Waals surface area contributed by atoms with Crippen LogP contribution in [0.3, 0.4) is 0 Å². The van der Waals surface area contributed by atoms with Gasteiger partial charge < -0.3 is 5.73 Å². The molecule has 11 heavy (non-hydrogen) atoms.